The largest absolute Gasteiger partial charge is 0.388 e. The summed E-state index contributed by atoms with van der Waals surface area (Å²) in [7, 11) is 1.77. The number of ketones is 2. The maximum atomic E-state index is 13.2. The number of carbonyl (C=O) groups excluding carboxylic acids is 2. The number of anilines is 2. The van der Waals surface area contributed by atoms with Gasteiger partial charge in [-0.25, -0.2) is 0 Å². The van der Waals surface area contributed by atoms with Gasteiger partial charge in [-0.2, -0.15) is 0 Å². The monoisotopic (exact) mass is 459 g/mol. The Bertz CT molecular complexity index is 909. The molecule has 0 saturated heterocycles. The zero-order valence-electron chi connectivity index (χ0n) is 17.5. The van der Waals surface area contributed by atoms with Crippen LogP contribution in [-0.2, 0) is 0 Å². The van der Waals surface area contributed by atoms with Crippen LogP contribution in [0, 0.1) is 0 Å². The van der Waals surface area contributed by atoms with Crippen molar-refractivity contribution in [3.05, 3.63) is 58.7 Å². The first kappa shape index (κ1) is 23.1. The van der Waals surface area contributed by atoms with Crippen LogP contribution in [-0.4, -0.2) is 37.2 Å². The molecule has 3 rings (SSSR count). The van der Waals surface area contributed by atoms with Gasteiger partial charge >= 0.3 is 0 Å². The van der Waals surface area contributed by atoms with Crippen LogP contribution in [0.5, 0.6) is 0 Å². The lowest BCUT2D eigenvalue weighted by Gasteiger charge is -2.27. The van der Waals surface area contributed by atoms with E-state index in [0.717, 1.165) is 19.4 Å². The summed E-state index contributed by atoms with van der Waals surface area (Å²) in [4.78, 5) is 26.3. The molecule has 0 amide bonds. The van der Waals surface area contributed by atoms with Crippen LogP contribution in [0.15, 0.2) is 36.4 Å². The van der Waals surface area contributed by atoms with E-state index in [1.54, 1.807) is 31.3 Å². The van der Waals surface area contributed by atoms with E-state index < -0.39 is 0 Å². The van der Waals surface area contributed by atoms with Crippen molar-refractivity contribution in [2.45, 2.75) is 39.2 Å². The summed E-state index contributed by atoms with van der Waals surface area (Å²) in [5.41, 5.74) is 3.26. The van der Waals surface area contributed by atoms with Crippen LogP contribution in [0.1, 0.15) is 65.5 Å². The van der Waals surface area contributed by atoms with Crippen LogP contribution in [0.3, 0.4) is 0 Å². The van der Waals surface area contributed by atoms with E-state index in [0.29, 0.717) is 40.2 Å². The standard InChI is InChI=1S/C23H29N3O2.BrH/c1-5-13-26-23(2,3)12-14-25-18-11-10-17(24-4)19-20(18)22(28)16-9-7-6-8-15(16)21(19)27;/h6-11,24-26H,5,12-14H2,1-4H3;1H. The smallest absolute Gasteiger partial charge is 0.196 e. The Morgan fingerprint density at radius 1 is 0.862 bits per heavy atom. The first-order chi connectivity index (χ1) is 13.4. The van der Waals surface area contributed by atoms with Crippen molar-refractivity contribution in [1.82, 2.24) is 5.32 Å². The molecule has 0 fully saturated rings. The second-order valence-corrected chi connectivity index (χ2v) is 7.85. The summed E-state index contributed by atoms with van der Waals surface area (Å²) in [6.45, 7) is 8.18. The van der Waals surface area contributed by atoms with Gasteiger partial charge in [-0.3, -0.25) is 9.59 Å². The molecular weight excluding hydrogens is 430 g/mol. The van der Waals surface area contributed by atoms with E-state index in [1.165, 1.54) is 0 Å². The van der Waals surface area contributed by atoms with Gasteiger partial charge in [0.15, 0.2) is 11.6 Å². The third-order valence-electron chi connectivity index (χ3n) is 5.26. The topological polar surface area (TPSA) is 70.2 Å². The molecule has 0 radical (unpaired) electrons. The number of nitrogens with one attached hydrogen (secondary N) is 3. The van der Waals surface area contributed by atoms with Crippen LogP contribution < -0.4 is 16.0 Å². The van der Waals surface area contributed by atoms with Crippen LogP contribution >= 0.6 is 17.0 Å². The fourth-order valence-corrected chi connectivity index (χ4v) is 3.64. The second-order valence-electron chi connectivity index (χ2n) is 7.85. The van der Waals surface area contributed by atoms with E-state index in [9.17, 15) is 9.59 Å². The number of rotatable bonds is 8. The number of hydrogen-bond acceptors (Lipinski definition) is 5. The van der Waals surface area contributed by atoms with Gasteiger partial charge in [-0.15, -0.1) is 17.0 Å². The highest BCUT2D eigenvalue weighted by Gasteiger charge is 2.33. The maximum absolute atomic E-state index is 13.2. The normalized spacial score (nSPS) is 12.7. The van der Waals surface area contributed by atoms with Crippen molar-refractivity contribution in [1.29, 1.82) is 0 Å². The Morgan fingerprint density at radius 2 is 1.41 bits per heavy atom. The van der Waals surface area contributed by atoms with E-state index in [4.69, 9.17) is 0 Å². The lowest BCUT2D eigenvalue weighted by Crippen LogP contribution is -2.41. The summed E-state index contributed by atoms with van der Waals surface area (Å²) >= 11 is 0. The van der Waals surface area contributed by atoms with E-state index in [1.807, 2.05) is 12.1 Å². The highest BCUT2D eigenvalue weighted by molar-refractivity contribution is 8.93. The van der Waals surface area contributed by atoms with Crippen LogP contribution in [0.4, 0.5) is 11.4 Å². The Morgan fingerprint density at radius 3 is 1.97 bits per heavy atom. The Hall–Kier alpha value is -2.18. The van der Waals surface area contributed by atoms with Gasteiger partial charge in [0.1, 0.15) is 0 Å². The fourth-order valence-electron chi connectivity index (χ4n) is 3.64. The van der Waals surface area contributed by atoms with Crippen molar-refractivity contribution in [2.24, 2.45) is 0 Å². The highest BCUT2D eigenvalue weighted by Crippen LogP contribution is 2.36. The maximum Gasteiger partial charge on any atom is 0.196 e. The van der Waals surface area contributed by atoms with Gasteiger partial charge in [0.05, 0.1) is 11.1 Å². The van der Waals surface area contributed by atoms with Gasteiger partial charge in [-0.05, 0) is 45.4 Å². The second kappa shape index (κ2) is 9.55. The first-order valence-corrected chi connectivity index (χ1v) is 9.91. The quantitative estimate of drug-likeness (QED) is 0.456. The first-order valence-electron chi connectivity index (χ1n) is 9.91. The third-order valence-corrected chi connectivity index (χ3v) is 5.26. The summed E-state index contributed by atoms with van der Waals surface area (Å²) in [6, 6.07) is 10.8. The Kier molecular flexibility index (Phi) is 7.60. The van der Waals surface area contributed by atoms with Gasteiger partial charge in [0, 0.05) is 41.6 Å². The zero-order valence-corrected chi connectivity index (χ0v) is 19.2. The third kappa shape index (κ3) is 4.70. The predicted molar refractivity (Wildman–Crippen MR) is 125 cm³/mol. The Balaban J connectivity index is 0.00000300. The number of halogens is 1. The van der Waals surface area contributed by atoms with Gasteiger partial charge in [-0.1, -0.05) is 31.2 Å². The molecule has 3 N–H and O–H groups in total. The van der Waals surface area contributed by atoms with Crippen molar-refractivity contribution in [3.63, 3.8) is 0 Å². The van der Waals surface area contributed by atoms with Crippen molar-refractivity contribution >= 4 is 39.9 Å². The average Bonchev–Trinajstić information content (AvgIpc) is 2.70. The molecule has 0 aliphatic heterocycles. The number of fused-ring (bicyclic) bond motifs is 2. The summed E-state index contributed by atoms with van der Waals surface area (Å²) < 4.78 is 0. The molecule has 5 nitrogen and oxygen atoms in total. The number of carbonyl (C=O) groups is 2. The molecule has 0 heterocycles. The molecule has 29 heavy (non-hydrogen) atoms. The average molecular weight is 460 g/mol. The van der Waals surface area contributed by atoms with E-state index in [-0.39, 0.29) is 34.1 Å². The minimum absolute atomic E-state index is 0. The molecule has 156 valence electrons. The molecule has 0 saturated carbocycles. The molecule has 2 aromatic rings. The SMILES string of the molecule is Br.CCCNC(C)(C)CCNc1ccc(NC)c2c1C(=O)c1ccccc1C2=O. The van der Waals surface area contributed by atoms with Gasteiger partial charge in [0.2, 0.25) is 0 Å². The van der Waals surface area contributed by atoms with Crippen LogP contribution in [0.25, 0.3) is 0 Å². The van der Waals surface area contributed by atoms with Crippen LogP contribution in [0.2, 0.25) is 0 Å². The molecule has 0 aromatic heterocycles. The molecule has 1 aliphatic rings. The molecule has 0 bridgehead atoms. The fraction of sp³-hybridized carbons (Fsp3) is 0.391. The zero-order chi connectivity index (χ0) is 20.3. The molecular formula is C23H30BrN3O2. The van der Waals surface area contributed by atoms with Crippen molar-refractivity contribution < 1.29 is 9.59 Å². The molecule has 2 aromatic carbocycles. The van der Waals surface area contributed by atoms with Crippen molar-refractivity contribution in [3.8, 4) is 0 Å². The molecule has 1 aliphatic carbocycles. The molecule has 0 unspecified atom stereocenters. The van der Waals surface area contributed by atoms with Crippen molar-refractivity contribution in [2.75, 3.05) is 30.8 Å². The van der Waals surface area contributed by atoms with Gasteiger partial charge in [0.25, 0.3) is 0 Å². The van der Waals surface area contributed by atoms with E-state index >= 15 is 0 Å². The lowest BCUT2D eigenvalue weighted by molar-refractivity contribution is 0.0980. The van der Waals surface area contributed by atoms with Gasteiger partial charge < -0.3 is 16.0 Å². The molecule has 6 heteroatoms. The summed E-state index contributed by atoms with van der Waals surface area (Å²) in [5.74, 6) is -0.212. The minimum Gasteiger partial charge on any atom is -0.388 e. The predicted octanol–water partition coefficient (Wildman–Crippen LogP) is 4.66. The lowest BCUT2D eigenvalue weighted by atomic mass is 9.82. The summed E-state index contributed by atoms with van der Waals surface area (Å²) in [6.07, 6.45) is 1.99. The number of hydrogen-bond donors (Lipinski definition) is 3. The minimum atomic E-state index is -0.108. The molecule has 0 atom stereocenters. The number of benzene rings is 2. The van der Waals surface area contributed by atoms with E-state index in [2.05, 4.69) is 36.7 Å². The highest BCUT2D eigenvalue weighted by atomic mass is 79.9. The molecule has 0 spiro atoms. The summed E-state index contributed by atoms with van der Waals surface area (Å²) in [5, 5.41) is 9.99. The Labute approximate surface area is 183 Å².